The minimum Gasteiger partial charge on any atom is -0.341 e. The molecule has 3 N–H and O–H groups in total. The fourth-order valence-electron chi connectivity index (χ4n) is 1.76. The molecule has 15 heavy (non-hydrogen) atoms. The molecule has 0 bridgehead atoms. The molecule has 4 heteroatoms. The first-order valence-electron chi connectivity index (χ1n) is 4.81. The van der Waals surface area contributed by atoms with Gasteiger partial charge in [0, 0.05) is 11.6 Å². The first-order chi connectivity index (χ1) is 7.38. The van der Waals surface area contributed by atoms with Gasteiger partial charge >= 0.3 is 0 Å². The SMILES string of the molecule is NCc1nc2c(ccc3cccnc32)[nH]1. The Labute approximate surface area is 86.1 Å². The summed E-state index contributed by atoms with van der Waals surface area (Å²) in [6, 6.07) is 7.98. The van der Waals surface area contributed by atoms with Crippen molar-refractivity contribution in [2.75, 3.05) is 0 Å². The molecule has 0 saturated carbocycles. The molecule has 0 unspecified atom stereocenters. The van der Waals surface area contributed by atoms with E-state index in [2.05, 4.69) is 15.0 Å². The van der Waals surface area contributed by atoms with Crippen LogP contribution in [0.3, 0.4) is 0 Å². The number of nitrogens with one attached hydrogen (secondary N) is 1. The van der Waals surface area contributed by atoms with Crippen molar-refractivity contribution in [3.05, 3.63) is 36.3 Å². The molecule has 0 aliphatic carbocycles. The number of aromatic nitrogens is 3. The number of aromatic amines is 1. The summed E-state index contributed by atoms with van der Waals surface area (Å²) in [6.45, 7) is 0.420. The van der Waals surface area contributed by atoms with E-state index in [0.717, 1.165) is 27.8 Å². The molecular formula is C11H10N4. The van der Waals surface area contributed by atoms with Gasteiger partial charge in [-0.25, -0.2) is 4.98 Å². The smallest absolute Gasteiger partial charge is 0.121 e. The van der Waals surface area contributed by atoms with Gasteiger partial charge in [0.25, 0.3) is 0 Å². The molecule has 3 rings (SSSR count). The van der Waals surface area contributed by atoms with E-state index < -0.39 is 0 Å². The molecular weight excluding hydrogens is 188 g/mol. The molecule has 0 amide bonds. The van der Waals surface area contributed by atoms with Crippen LogP contribution in [0.25, 0.3) is 21.9 Å². The van der Waals surface area contributed by atoms with Gasteiger partial charge in [0.05, 0.1) is 17.6 Å². The average molecular weight is 198 g/mol. The van der Waals surface area contributed by atoms with Crippen LogP contribution in [-0.2, 0) is 6.54 Å². The van der Waals surface area contributed by atoms with E-state index in [1.165, 1.54) is 0 Å². The van der Waals surface area contributed by atoms with Crippen LogP contribution in [0.2, 0.25) is 0 Å². The zero-order chi connectivity index (χ0) is 10.3. The maximum absolute atomic E-state index is 5.54. The topological polar surface area (TPSA) is 67.6 Å². The van der Waals surface area contributed by atoms with Gasteiger partial charge in [0.15, 0.2) is 0 Å². The van der Waals surface area contributed by atoms with Gasteiger partial charge in [-0.3, -0.25) is 4.98 Å². The number of benzene rings is 1. The second-order valence-electron chi connectivity index (χ2n) is 3.42. The minimum atomic E-state index is 0.420. The molecule has 0 aliphatic heterocycles. The predicted octanol–water partition coefficient (Wildman–Crippen LogP) is 1.57. The van der Waals surface area contributed by atoms with Gasteiger partial charge in [-0.2, -0.15) is 0 Å². The number of rotatable bonds is 1. The van der Waals surface area contributed by atoms with Gasteiger partial charge in [-0.05, 0) is 12.1 Å². The molecule has 0 radical (unpaired) electrons. The Kier molecular flexibility index (Phi) is 1.69. The van der Waals surface area contributed by atoms with E-state index in [4.69, 9.17) is 5.73 Å². The van der Waals surface area contributed by atoms with E-state index in [1.54, 1.807) is 6.20 Å². The highest BCUT2D eigenvalue weighted by Crippen LogP contribution is 2.21. The Morgan fingerprint density at radius 1 is 1.20 bits per heavy atom. The van der Waals surface area contributed by atoms with Crippen LogP contribution in [0.15, 0.2) is 30.5 Å². The molecule has 0 saturated heterocycles. The molecule has 2 heterocycles. The van der Waals surface area contributed by atoms with Gasteiger partial charge in [-0.15, -0.1) is 0 Å². The number of hydrogen-bond acceptors (Lipinski definition) is 3. The monoisotopic (exact) mass is 198 g/mol. The van der Waals surface area contributed by atoms with Crippen LogP contribution in [-0.4, -0.2) is 15.0 Å². The van der Waals surface area contributed by atoms with E-state index in [-0.39, 0.29) is 0 Å². The lowest BCUT2D eigenvalue weighted by atomic mass is 10.2. The van der Waals surface area contributed by atoms with Crippen LogP contribution in [0.1, 0.15) is 5.82 Å². The lowest BCUT2D eigenvalue weighted by molar-refractivity contribution is 0.959. The number of imidazole rings is 1. The summed E-state index contributed by atoms with van der Waals surface area (Å²) in [5.41, 5.74) is 8.35. The van der Waals surface area contributed by atoms with E-state index >= 15 is 0 Å². The summed E-state index contributed by atoms with van der Waals surface area (Å²) >= 11 is 0. The second-order valence-corrected chi connectivity index (χ2v) is 3.42. The molecule has 0 fully saturated rings. The highest BCUT2D eigenvalue weighted by Gasteiger charge is 2.05. The maximum atomic E-state index is 5.54. The fraction of sp³-hybridized carbons (Fsp3) is 0.0909. The number of hydrogen-bond donors (Lipinski definition) is 2. The summed E-state index contributed by atoms with van der Waals surface area (Å²) in [4.78, 5) is 11.9. The van der Waals surface area contributed by atoms with Crippen LogP contribution in [0.5, 0.6) is 0 Å². The maximum Gasteiger partial charge on any atom is 0.121 e. The lowest BCUT2D eigenvalue weighted by Gasteiger charge is -1.95. The molecule has 3 aromatic rings. The average Bonchev–Trinajstić information content (AvgIpc) is 2.72. The van der Waals surface area contributed by atoms with Crippen molar-refractivity contribution in [3.8, 4) is 0 Å². The van der Waals surface area contributed by atoms with Crippen LogP contribution in [0, 0.1) is 0 Å². The third-order valence-corrected chi connectivity index (χ3v) is 2.47. The Balaban J connectivity index is 2.47. The first-order valence-corrected chi connectivity index (χ1v) is 4.81. The van der Waals surface area contributed by atoms with Crippen molar-refractivity contribution < 1.29 is 0 Å². The molecule has 1 aromatic carbocycles. The van der Waals surface area contributed by atoms with Gasteiger partial charge in [0.1, 0.15) is 11.3 Å². The molecule has 4 nitrogen and oxygen atoms in total. The zero-order valence-corrected chi connectivity index (χ0v) is 8.07. The van der Waals surface area contributed by atoms with Crippen molar-refractivity contribution in [1.82, 2.24) is 15.0 Å². The Bertz CT molecular complexity index is 627. The normalized spacial score (nSPS) is 11.3. The molecule has 0 atom stereocenters. The molecule has 0 spiro atoms. The number of fused-ring (bicyclic) bond motifs is 3. The van der Waals surface area contributed by atoms with Crippen LogP contribution >= 0.6 is 0 Å². The summed E-state index contributed by atoms with van der Waals surface area (Å²) in [7, 11) is 0. The fourth-order valence-corrected chi connectivity index (χ4v) is 1.76. The highest BCUT2D eigenvalue weighted by atomic mass is 14.9. The summed E-state index contributed by atoms with van der Waals surface area (Å²) in [5, 5.41) is 1.10. The zero-order valence-electron chi connectivity index (χ0n) is 8.07. The van der Waals surface area contributed by atoms with Crippen LogP contribution in [0.4, 0.5) is 0 Å². The number of H-pyrrole nitrogens is 1. The first kappa shape index (κ1) is 8.38. The lowest BCUT2D eigenvalue weighted by Crippen LogP contribution is -1.97. The highest BCUT2D eigenvalue weighted by molar-refractivity contribution is 6.01. The van der Waals surface area contributed by atoms with Crippen molar-refractivity contribution >= 4 is 21.9 Å². The minimum absolute atomic E-state index is 0.420. The molecule has 74 valence electrons. The third kappa shape index (κ3) is 1.19. The number of nitrogens with two attached hydrogens (primary N) is 1. The summed E-state index contributed by atoms with van der Waals surface area (Å²) < 4.78 is 0. The van der Waals surface area contributed by atoms with Crippen molar-refractivity contribution in [3.63, 3.8) is 0 Å². The molecule has 2 aromatic heterocycles. The number of pyridine rings is 1. The Hall–Kier alpha value is -1.94. The van der Waals surface area contributed by atoms with E-state index in [0.29, 0.717) is 6.54 Å². The van der Waals surface area contributed by atoms with Crippen molar-refractivity contribution in [1.29, 1.82) is 0 Å². The van der Waals surface area contributed by atoms with Crippen molar-refractivity contribution in [2.45, 2.75) is 6.54 Å². The van der Waals surface area contributed by atoms with Crippen molar-refractivity contribution in [2.24, 2.45) is 5.73 Å². The Morgan fingerprint density at radius 2 is 2.13 bits per heavy atom. The van der Waals surface area contributed by atoms with Gasteiger partial charge in [-0.1, -0.05) is 12.1 Å². The van der Waals surface area contributed by atoms with Gasteiger partial charge in [0.2, 0.25) is 0 Å². The predicted molar refractivity (Wildman–Crippen MR) is 59.3 cm³/mol. The quantitative estimate of drug-likeness (QED) is 0.623. The number of nitrogens with zero attached hydrogens (tertiary/aromatic N) is 2. The Morgan fingerprint density at radius 3 is 3.00 bits per heavy atom. The van der Waals surface area contributed by atoms with E-state index in [1.807, 2.05) is 24.3 Å². The van der Waals surface area contributed by atoms with E-state index in [9.17, 15) is 0 Å². The standard InChI is InChI=1S/C11H10N4/c12-6-9-14-8-4-3-7-2-1-5-13-10(7)11(8)15-9/h1-5H,6,12H2,(H,14,15). The second kappa shape index (κ2) is 3.03. The molecule has 0 aliphatic rings. The summed E-state index contributed by atoms with van der Waals surface area (Å²) in [6.07, 6.45) is 1.78. The van der Waals surface area contributed by atoms with Gasteiger partial charge < -0.3 is 10.7 Å². The summed E-state index contributed by atoms with van der Waals surface area (Å²) in [5.74, 6) is 0.795. The van der Waals surface area contributed by atoms with Crippen LogP contribution < -0.4 is 5.73 Å². The largest absolute Gasteiger partial charge is 0.341 e. The third-order valence-electron chi connectivity index (χ3n) is 2.47.